The fourth-order valence-corrected chi connectivity index (χ4v) is 2.74. The molecular weight excluding hydrogens is 260 g/mol. The molecule has 21 heavy (non-hydrogen) atoms. The molecule has 1 aromatic rings. The molecule has 1 aromatic heterocycles. The van der Waals surface area contributed by atoms with Gasteiger partial charge in [-0.05, 0) is 57.9 Å². The lowest BCUT2D eigenvalue weighted by Gasteiger charge is -2.23. The fourth-order valence-electron chi connectivity index (χ4n) is 2.74. The zero-order chi connectivity index (χ0) is 15.3. The molecule has 1 saturated carbocycles. The van der Waals surface area contributed by atoms with Crippen LogP contribution in [-0.2, 0) is 19.4 Å². The van der Waals surface area contributed by atoms with Gasteiger partial charge in [-0.25, -0.2) is 0 Å². The molecule has 1 aliphatic rings. The average Bonchev–Trinajstić information content (AvgIpc) is 3.20. The Labute approximate surface area is 128 Å². The van der Waals surface area contributed by atoms with E-state index in [4.69, 9.17) is 0 Å². The minimum Gasteiger partial charge on any atom is -0.297 e. The third-order valence-electron chi connectivity index (χ3n) is 4.28. The van der Waals surface area contributed by atoms with E-state index < -0.39 is 0 Å². The number of nitrogens with zero attached hydrogens (tertiary/aromatic N) is 3. The van der Waals surface area contributed by atoms with Crippen LogP contribution in [0.2, 0.25) is 0 Å². The van der Waals surface area contributed by atoms with Crippen molar-refractivity contribution in [2.45, 2.75) is 83.8 Å². The Morgan fingerprint density at radius 1 is 1.38 bits per heavy atom. The Hall–Kier alpha value is -1.34. The second-order valence-corrected chi connectivity index (χ2v) is 6.38. The van der Waals surface area contributed by atoms with E-state index in [-0.39, 0.29) is 5.54 Å². The van der Waals surface area contributed by atoms with Crippen LogP contribution in [0.3, 0.4) is 0 Å². The summed E-state index contributed by atoms with van der Waals surface area (Å²) in [6, 6.07) is 5.25. The van der Waals surface area contributed by atoms with Gasteiger partial charge in [0.2, 0.25) is 0 Å². The Morgan fingerprint density at radius 3 is 2.71 bits per heavy atom. The molecule has 116 valence electrons. The van der Waals surface area contributed by atoms with Crippen LogP contribution in [0, 0.1) is 11.3 Å². The number of nitriles is 1. The lowest BCUT2D eigenvalue weighted by Crippen LogP contribution is -2.42. The normalized spacial score (nSPS) is 17.4. The number of nitrogens with one attached hydrogen (secondary N) is 1. The average molecular weight is 288 g/mol. The first-order valence-electron chi connectivity index (χ1n) is 8.34. The molecule has 1 atom stereocenters. The SMILES string of the molecule is CCc1cc(CC)n(CCCCC(C)(C#N)NC2CC2)n1. The second kappa shape index (κ2) is 7.09. The Bertz CT molecular complexity index is 495. The van der Waals surface area contributed by atoms with E-state index in [0.717, 1.165) is 38.6 Å². The van der Waals surface area contributed by atoms with E-state index in [9.17, 15) is 5.26 Å². The smallest absolute Gasteiger partial charge is 0.104 e. The first-order chi connectivity index (χ1) is 10.1. The Morgan fingerprint density at radius 2 is 2.14 bits per heavy atom. The number of hydrogen-bond donors (Lipinski definition) is 1. The van der Waals surface area contributed by atoms with Crippen molar-refractivity contribution < 1.29 is 0 Å². The van der Waals surface area contributed by atoms with E-state index >= 15 is 0 Å². The van der Waals surface area contributed by atoms with Gasteiger partial charge in [-0.3, -0.25) is 10.00 Å². The number of rotatable bonds is 9. The van der Waals surface area contributed by atoms with Crippen molar-refractivity contribution in [2.75, 3.05) is 0 Å². The lowest BCUT2D eigenvalue weighted by molar-refractivity contribution is 0.388. The predicted octanol–water partition coefficient (Wildman–Crippen LogP) is 3.21. The summed E-state index contributed by atoms with van der Waals surface area (Å²) in [6.07, 6.45) is 7.55. The molecule has 2 rings (SSSR count). The third kappa shape index (κ3) is 4.57. The summed E-state index contributed by atoms with van der Waals surface area (Å²) in [7, 11) is 0. The zero-order valence-electron chi connectivity index (χ0n) is 13.7. The summed E-state index contributed by atoms with van der Waals surface area (Å²) in [5.41, 5.74) is 2.16. The van der Waals surface area contributed by atoms with E-state index in [2.05, 4.69) is 41.1 Å². The molecule has 0 aliphatic heterocycles. The van der Waals surface area contributed by atoms with Gasteiger partial charge in [-0.15, -0.1) is 0 Å². The third-order valence-corrected chi connectivity index (χ3v) is 4.28. The molecule has 4 heteroatoms. The quantitative estimate of drug-likeness (QED) is 0.710. The van der Waals surface area contributed by atoms with Crippen LogP contribution in [0.1, 0.15) is 64.3 Å². The highest BCUT2D eigenvalue weighted by atomic mass is 15.3. The first-order valence-corrected chi connectivity index (χ1v) is 8.34. The van der Waals surface area contributed by atoms with Crippen molar-refractivity contribution in [3.8, 4) is 6.07 Å². The molecule has 4 nitrogen and oxygen atoms in total. The van der Waals surface area contributed by atoms with Gasteiger partial charge in [0, 0.05) is 18.3 Å². The monoisotopic (exact) mass is 288 g/mol. The van der Waals surface area contributed by atoms with Crippen LogP contribution >= 0.6 is 0 Å². The van der Waals surface area contributed by atoms with Crippen LogP contribution in [0.5, 0.6) is 0 Å². The molecule has 0 amide bonds. The highest BCUT2D eigenvalue weighted by Crippen LogP contribution is 2.24. The number of aryl methyl sites for hydroxylation is 3. The maximum Gasteiger partial charge on any atom is 0.104 e. The van der Waals surface area contributed by atoms with Gasteiger partial charge < -0.3 is 0 Å². The summed E-state index contributed by atoms with van der Waals surface area (Å²) in [4.78, 5) is 0. The minimum absolute atomic E-state index is 0.354. The van der Waals surface area contributed by atoms with Gasteiger partial charge in [-0.1, -0.05) is 13.8 Å². The van der Waals surface area contributed by atoms with Crippen molar-refractivity contribution in [2.24, 2.45) is 0 Å². The number of aromatic nitrogens is 2. The minimum atomic E-state index is -0.354. The van der Waals surface area contributed by atoms with E-state index in [0.29, 0.717) is 6.04 Å². The molecule has 1 N–H and O–H groups in total. The van der Waals surface area contributed by atoms with E-state index in [1.165, 1.54) is 24.2 Å². The number of hydrogen-bond acceptors (Lipinski definition) is 3. The molecule has 0 bridgehead atoms. The van der Waals surface area contributed by atoms with Crippen LogP contribution in [0.25, 0.3) is 0 Å². The van der Waals surface area contributed by atoms with Gasteiger partial charge in [0.25, 0.3) is 0 Å². The van der Waals surface area contributed by atoms with Gasteiger partial charge in [0.1, 0.15) is 5.54 Å². The molecular formula is C17H28N4. The largest absolute Gasteiger partial charge is 0.297 e. The maximum absolute atomic E-state index is 9.37. The summed E-state index contributed by atoms with van der Waals surface area (Å²) in [5, 5.41) is 17.5. The maximum atomic E-state index is 9.37. The van der Waals surface area contributed by atoms with Crippen molar-refractivity contribution in [1.29, 1.82) is 5.26 Å². The summed E-state index contributed by atoms with van der Waals surface area (Å²) >= 11 is 0. The van der Waals surface area contributed by atoms with E-state index in [1.54, 1.807) is 0 Å². The molecule has 1 heterocycles. The van der Waals surface area contributed by atoms with Crippen molar-refractivity contribution >= 4 is 0 Å². The van der Waals surface area contributed by atoms with Gasteiger partial charge in [0.15, 0.2) is 0 Å². The Kier molecular flexibility index (Phi) is 5.41. The first kappa shape index (κ1) is 16.0. The number of unbranched alkanes of at least 4 members (excludes halogenated alkanes) is 1. The molecule has 0 saturated heterocycles. The molecule has 1 aliphatic carbocycles. The zero-order valence-corrected chi connectivity index (χ0v) is 13.7. The molecule has 1 unspecified atom stereocenters. The van der Waals surface area contributed by atoms with Crippen molar-refractivity contribution in [1.82, 2.24) is 15.1 Å². The predicted molar refractivity (Wildman–Crippen MR) is 85.0 cm³/mol. The van der Waals surface area contributed by atoms with Gasteiger partial charge in [0.05, 0.1) is 11.8 Å². The molecule has 1 fully saturated rings. The van der Waals surface area contributed by atoms with Crippen molar-refractivity contribution in [3.63, 3.8) is 0 Å². The molecule has 0 spiro atoms. The van der Waals surface area contributed by atoms with Gasteiger partial charge in [-0.2, -0.15) is 10.4 Å². The summed E-state index contributed by atoms with van der Waals surface area (Å²) < 4.78 is 2.15. The Balaban J connectivity index is 1.78. The van der Waals surface area contributed by atoms with E-state index in [1.807, 2.05) is 6.92 Å². The van der Waals surface area contributed by atoms with Crippen LogP contribution in [0.15, 0.2) is 6.07 Å². The molecule has 0 radical (unpaired) electrons. The van der Waals surface area contributed by atoms with Crippen molar-refractivity contribution in [3.05, 3.63) is 17.5 Å². The van der Waals surface area contributed by atoms with Crippen LogP contribution in [0.4, 0.5) is 0 Å². The fraction of sp³-hybridized carbons (Fsp3) is 0.765. The lowest BCUT2D eigenvalue weighted by atomic mass is 9.96. The standard InChI is InChI=1S/C17H28N4/c1-4-14-12-16(5-2)21(20-14)11-7-6-10-17(3,13-18)19-15-8-9-15/h12,15,19H,4-11H2,1-3H3. The summed E-state index contributed by atoms with van der Waals surface area (Å²) in [5.74, 6) is 0. The van der Waals surface area contributed by atoms with Crippen LogP contribution < -0.4 is 5.32 Å². The second-order valence-electron chi connectivity index (χ2n) is 6.38. The molecule has 0 aromatic carbocycles. The highest BCUT2D eigenvalue weighted by Gasteiger charge is 2.31. The van der Waals surface area contributed by atoms with Crippen LogP contribution in [-0.4, -0.2) is 21.4 Å². The highest BCUT2D eigenvalue weighted by molar-refractivity contribution is 5.10. The summed E-state index contributed by atoms with van der Waals surface area (Å²) in [6.45, 7) is 7.33. The topological polar surface area (TPSA) is 53.6 Å². The van der Waals surface area contributed by atoms with Gasteiger partial charge >= 0.3 is 0 Å².